The molecule has 1 saturated carbocycles. The number of rotatable bonds is 8. The highest BCUT2D eigenvalue weighted by atomic mass is 32.2. The van der Waals surface area contributed by atoms with E-state index in [9.17, 15) is 8.42 Å². The Hall–Kier alpha value is -0.430. The summed E-state index contributed by atoms with van der Waals surface area (Å²) < 4.78 is 27.6. The molecule has 1 aliphatic carbocycles. The number of nitrogens with one attached hydrogen (secondary N) is 2. The van der Waals surface area contributed by atoms with E-state index in [-0.39, 0.29) is 0 Å². The molecule has 114 valence electrons. The summed E-state index contributed by atoms with van der Waals surface area (Å²) in [5.74, 6) is 0.497. The molecule has 0 radical (unpaired) electrons. The molecule has 0 amide bonds. The molecule has 0 aromatic carbocycles. The summed E-state index contributed by atoms with van der Waals surface area (Å²) in [4.78, 5) is 1.41. The lowest BCUT2D eigenvalue weighted by atomic mass is 10.1. The highest BCUT2D eigenvalue weighted by Gasteiger charge is 2.25. The summed E-state index contributed by atoms with van der Waals surface area (Å²) in [6.45, 7) is 7.22. The van der Waals surface area contributed by atoms with E-state index in [4.69, 9.17) is 0 Å². The van der Waals surface area contributed by atoms with Gasteiger partial charge in [-0.25, -0.2) is 13.1 Å². The second-order valence-corrected chi connectivity index (χ2v) is 8.57. The maximum atomic E-state index is 12.4. The second kappa shape index (κ2) is 6.56. The third-order valence-corrected chi connectivity index (χ3v) is 6.32. The van der Waals surface area contributed by atoms with Gasteiger partial charge in [0, 0.05) is 24.0 Å². The fourth-order valence-electron chi connectivity index (χ4n) is 2.05. The average molecular weight is 316 g/mol. The van der Waals surface area contributed by atoms with E-state index in [1.54, 1.807) is 0 Å². The Morgan fingerprint density at radius 1 is 1.40 bits per heavy atom. The summed E-state index contributed by atoms with van der Waals surface area (Å²) in [6.07, 6.45) is 3.27. The largest absolute Gasteiger partial charge is 0.309 e. The maximum absolute atomic E-state index is 12.4. The van der Waals surface area contributed by atoms with Crippen molar-refractivity contribution in [2.24, 2.45) is 5.92 Å². The molecule has 1 fully saturated rings. The van der Waals surface area contributed by atoms with Gasteiger partial charge in [0.1, 0.15) is 4.90 Å². The normalized spacial score (nSPS) is 16.0. The average Bonchev–Trinajstić information content (AvgIpc) is 3.09. The topological polar surface area (TPSA) is 58.2 Å². The first kappa shape index (κ1) is 15.9. The van der Waals surface area contributed by atoms with Crippen molar-refractivity contribution in [1.29, 1.82) is 0 Å². The molecule has 0 saturated heterocycles. The maximum Gasteiger partial charge on any atom is 0.241 e. The molecule has 6 heteroatoms. The van der Waals surface area contributed by atoms with E-state index < -0.39 is 10.0 Å². The Bertz CT molecular complexity index is 546. The zero-order valence-corrected chi connectivity index (χ0v) is 14.0. The van der Waals surface area contributed by atoms with Crippen molar-refractivity contribution in [3.05, 3.63) is 15.8 Å². The molecule has 0 aliphatic heterocycles. The lowest BCUT2D eigenvalue weighted by molar-refractivity contribution is 0.550. The van der Waals surface area contributed by atoms with Crippen LogP contribution in [0, 0.1) is 12.8 Å². The van der Waals surface area contributed by atoms with Gasteiger partial charge in [-0.05, 0) is 43.0 Å². The molecule has 1 aliphatic rings. The van der Waals surface area contributed by atoms with Crippen molar-refractivity contribution < 1.29 is 8.42 Å². The SMILES string of the molecule is Cc1csc(CNC2CC2)c1S(=O)(=O)NCCC(C)C. The van der Waals surface area contributed by atoms with Gasteiger partial charge in [-0.15, -0.1) is 11.3 Å². The molecule has 0 atom stereocenters. The van der Waals surface area contributed by atoms with Crippen LogP contribution in [0.5, 0.6) is 0 Å². The standard InChI is InChI=1S/C14H24N2O2S2/c1-10(2)6-7-16-20(17,18)14-11(3)9-19-13(14)8-15-12-4-5-12/h9-10,12,15-16H,4-8H2,1-3H3. The van der Waals surface area contributed by atoms with Crippen LogP contribution in [0.4, 0.5) is 0 Å². The predicted octanol–water partition coefficient (Wildman–Crippen LogP) is 2.63. The molecular formula is C14H24N2O2S2. The molecule has 1 heterocycles. The fourth-order valence-corrected chi connectivity index (χ4v) is 4.85. The van der Waals surface area contributed by atoms with Crippen LogP contribution in [0.25, 0.3) is 0 Å². The van der Waals surface area contributed by atoms with Crippen molar-refractivity contribution in [2.75, 3.05) is 6.54 Å². The van der Waals surface area contributed by atoms with Gasteiger partial charge in [0.2, 0.25) is 10.0 Å². The summed E-state index contributed by atoms with van der Waals surface area (Å²) in [5.41, 5.74) is 0.847. The van der Waals surface area contributed by atoms with E-state index in [0.717, 1.165) is 16.9 Å². The molecule has 20 heavy (non-hydrogen) atoms. The number of hydrogen-bond acceptors (Lipinski definition) is 4. The Kier molecular flexibility index (Phi) is 5.23. The van der Waals surface area contributed by atoms with Crippen molar-refractivity contribution in [3.8, 4) is 0 Å². The molecule has 0 bridgehead atoms. The van der Waals surface area contributed by atoms with Gasteiger partial charge in [-0.2, -0.15) is 0 Å². The minimum atomic E-state index is -3.38. The second-order valence-electron chi connectivity index (χ2n) is 5.91. The highest BCUT2D eigenvalue weighted by molar-refractivity contribution is 7.89. The van der Waals surface area contributed by atoms with Crippen molar-refractivity contribution in [1.82, 2.24) is 10.0 Å². The molecule has 1 aromatic rings. The fraction of sp³-hybridized carbons (Fsp3) is 0.714. The van der Waals surface area contributed by atoms with Gasteiger partial charge in [0.25, 0.3) is 0 Å². The number of aryl methyl sites for hydroxylation is 1. The van der Waals surface area contributed by atoms with Gasteiger partial charge >= 0.3 is 0 Å². The van der Waals surface area contributed by atoms with Gasteiger partial charge in [0.15, 0.2) is 0 Å². The summed E-state index contributed by atoms with van der Waals surface area (Å²) in [7, 11) is -3.38. The summed E-state index contributed by atoms with van der Waals surface area (Å²) >= 11 is 1.53. The third-order valence-electron chi connectivity index (χ3n) is 3.40. The van der Waals surface area contributed by atoms with Crippen molar-refractivity contribution >= 4 is 21.4 Å². The summed E-state index contributed by atoms with van der Waals surface area (Å²) in [5, 5.41) is 5.32. The van der Waals surface area contributed by atoms with Crippen LogP contribution in [0.15, 0.2) is 10.3 Å². The quantitative estimate of drug-likeness (QED) is 0.775. The van der Waals surface area contributed by atoms with Gasteiger partial charge in [-0.1, -0.05) is 13.8 Å². The number of hydrogen-bond donors (Lipinski definition) is 2. The number of sulfonamides is 1. The number of thiophene rings is 1. The van der Waals surface area contributed by atoms with Crippen LogP contribution < -0.4 is 10.0 Å². The molecular weight excluding hydrogens is 292 g/mol. The van der Waals surface area contributed by atoms with Gasteiger partial charge in [-0.3, -0.25) is 0 Å². The molecule has 0 unspecified atom stereocenters. The zero-order chi connectivity index (χ0) is 14.8. The lowest BCUT2D eigenvalue weighted by Gasteiger charge is -2.10. The van der Waals surface area contributed by atoms with Gasteiger partial charge in [0.05, 0.1) is 0 Å². The summed E-state index contributed by atoms with van der Waals surface area (Å²) in [6, 6.07) is 0.585. The Labute approximate surface area is 126 Å². The van der Waals surface area contributed by atoms with Gasteiger partial charge < -0.3 is 5.32 Å². The molecule has 4 nitrogen and oxygen atoms in total. The van der Waals surface area contributed by atoms with Crippen LogP contribution >= 0.6 is 11.3 Å². The van der Waals surface area contributed by atoms with Crippen LogP contribution in [-0.4, -0.2) is 21.0 Å². The minimum Gasteiger partial charge on any atom is -0.309 e. The first-order valence-electron chi connectivity index (χ1n) is 7.20. The van der Waals surface area contributed by atoms with E-state index in [1.807, 2.05) is 12.3 Å². The van der Waals surface area contributed by atoms with E-state index in [2.05, 4.69) is 23.9 Å². The predicted molar refractivity (Wildman–Crippen MR) is 83.6 cm³/mol. The first-order chi connectivity index (χ1) is 9.40. The van der Waals surface area contributed by atoms with Crippen molar-refractivity contribution in [2.45, 2.75) is 57.5 Å². The molecule has 2 N–H and O–H groups in total. The minimum absolute atomic E-state index is 0.486. The van der Waals surface area contributed by atoms with E-state index in [1.165, 1.54) is 24.2 Å². The Morgan fingerprint density at radius 2 is 2.10 bits per heavy atom. The van der Waals surface area contributed by atoms with Crippen LogP contribution in [0.1, 0.15) is 43.6 Å². The first-order valence-corrected chi connectivity index (χ1v) is 9.56. The molecule has 1 aromatic heterocycles. The molecule has 2 rings (SSSR count). The Balaban J connectivity index is 2.06. The molecule has 0 spiro atoms. The lowest BCUT2D eigenvalue weighted by Crippen LogP contribution is -2.27. The van der Waals surface area contributed by atoms with Crippen LogP contribution in [0.3, 0.4) is 0 Å². The highest BCUT2D eigenvalue weighted by Crippen LogP contribution is 2.28. The van der Waals surface area contributed by atoms with Crippen LogP contribution in [0.2, 0.25) is 0 Å². The Morgan fingerprint density at radius 3 is 2.70 bits per heavy atom. The monoisotopic (exact) mass is 316 g/mol. The van der Waals surface area contributed by atoms with E-state index in [0.29, 0.717) is 29.9 Å². The third kappa shape index (κ3) is 4.28. The van der Waals surface area contributed by atoms with Crippen LogP contribution in [-0.2, 0) is 16.6 Å². The smallest absolute Gasteiger partial charge is 0.241 e. The van der Waals surface area contributed by atoms with E-state index >= 15 is 0 Å². The van der Waals surface area contributed by atoms with Crippen molar-refractivity contribution in [3.63, 3.8) is 0 Å². The zero-order valence-electron chi connectivity index (χ0n) is 12.4.